The van der Waals surface area contributed by atoms with E-state index in [2.05, 4.69) is 27.7 Å². The molecule has 1 heterocycles. The van der Waals surface area contributed by atoms with Crippen molar-refractivity contribution >= 4 is 11.9 Å². The molecule has 0 spiro atoms. The van der Waals surface area contributed by atoms with Gasteiger partial charge in [0.2, 0.25) is 5.91 Å². The van der Waals surface area contributed by atoms with Gasteiger partial charge in [0.1, 0.15) is 0 Å². The minimum atomic E-state index is 0.0102. The Hall–Kier alpha value is -2.08. The van der Waals surface area contributed by atoms with Crippen LogP contribution in [0.15, 0.2) is 30.3 Å². The average Bonchev–Trinajstić information content (AvgIpc) is 2.86. The van der Waals surface area contributed by atoms with Crippen LogP contribution in [-0.2, 0) is 11.2 Å². The predicted molar refractivity (Wildman–Crippen MR) is 99.5 cm³/mol. The van der Waals surface area contributed by atoms with Gasteiger partial charge in [-0.25, -0.2) is 4.79 Å². The highest BCUT2D eigenvalue weighted by Crippen LogP contribution is 2.03. The SMILES string of the molecule is CCCNC(=O)N1CCCN(CC(=O)NCCc2ccccc2)CC1. The number of amides is 3. The Morgan fingerprint density at radius 3 is 2.56 bits per heavy atom. The molecule has 6 heteroatoms. The standard InChI is InChI=1S/C19H30N4O2/c1-2-10-21-19(25)23-13-6-12-22(14-15-23)16-18(24)20-11-9-17-7-4-3-5-8-17/h3-5,7-8H,2,6,9-16H2,1H3,(H,20,24)(H,21,25). The van der Waals surface area contributed by atoms with E-state index in [0.29, 0.717) is 26.2 Å². The topological polar surface area (TPSA) is 64.7 Å². The second kappa shape index (κ2) is 10.7. The highest BCUT2D eigenvalue weighted by molar-refractivity contribution is 5.78. The first-order valence-electron chi connectivity index (χ1n) is 9.24. The summed E-state index contributed by atoms with van der Waals surface area (Å²) in [6.07, 6.45) is 2.68. The number of nitrogens with one attached hydrogen (secondary N) is 2. The normalized spacial score (nSPS) is 15.5. The quantitative estimate of drug-likeness (QED) is 0.786. The van der Waals surface area contributed by atoms with E-state index in [1.54, 1.807) is 0 Å². The van der Waals surface area contributed by atoms with Crippen molar-refractivity contribution in [1.82, 2.24) is 20.4 Å². The molecule has 25 heavy (non-hydrogen) atoms. The van der Waals surface area contributed by atoms with Gasteiger partial charge in [-0.2, -0.15) is 0 Å². The maximum Gasteiger partial charge on any atom is 0.317 e. The Kier molecular flexibility index (Phi) is 8.25. The lowest BCUT2D eigenvalue weighted by Gasteiger charge is -2.22. The fourth-order valence-corrected chi connectivity index (χ4v) is 2.93. The molecule has 138 valence electrons. The van der Waals surface area contributed by atoms with E-state index in [4.69, 9.17) is 0 Å². The summed E-state index contributed by atoms with van der Waals surface area (Å²) in [7, 11) is 0. The first-order chi connectivity index (χ1) is 12.2. The first kappa shape index (κ1) is 19.2. The van der Waals surface area contributed by atoms with Crippen LogP contribution in [0.1, 0.15) is 25.3 Å². The summed E-state index contributed by atoms with van der Waals surface area (Å²) in [4.78, 5) is 28.1. The Balaban J connectivity index is 1.66. The van der Waals surface area contributed by atoms with Crippen molar-refractivity contribution in [2.45, 2.75) is 26.2 Å². The molecule has 6 nitrogen and oxygen atoms in total. The molecule has 1 aliphatic rings. The van der Waals surface area contributed by atoms with Crippen LogP contribution in [0, 0.1) is 0 Å². The molecule has 1 aromatic carbocycles. The fourth-order valence-electron chi connectivity index (χ4n) is 2.93. The third-order valence-electron chi connectivity index (χ3n) is 4.35. The number of nitrogens with zero attached hydrogens (tertiary/aromatic N) is 2. The van der Waals surface area contributed by atoms with Gasteiger partial charge in [0, 0.05) is 39.3 Å². The number of benzene rings is 1. The highest BCUT2D eigenvalue weighted by atomic mass is 16.2. The van der Waals surface area contributed by atoms with Crippen molar-refractivity contribution in [3.8, 4) is 0 Å². The van der Waals surface area contributed by atoms with Crippen molar-refractivity contribution in [2.75, 3.05) is 45.8 Å². The van der Waals surface area contributed by atoms with E-state index >= 15 is 0 Å². The molecule has 0 unspecified atom stereocenters. The lowest BCUT2D eigenvalue weighted by atomic mass is 10.1. The molecule has 0 aliphatic carbocycles. The van der Waals surface area contributed by atoms with Crippen molar-refractivity contribution in [1.29, 1.82) is 0 Å². The van der Waals surface area contributed by atoms with Gasteiger partial charge in [-0.05, 0) is 24.8 Å². The first-order valence-corrected chi connectivity index (χ1v) is 9.24. The summed E-state index contributed by atoms with van der Waals surface area (Å²) in [5.41, 5.74) is 1.23. The number of urea groups is 1. The molecule has 1 fully saturated rings. The van der Waals surface area contributed by atoms with Crippen LogP contribution in [0.2, 0.25) is 0 Å². The molecule has 0 radical (unpaired) electrons. The fraction of sp³-hybridized carbons (Fsp3) is 0.579. The zero-order valence-electron chi connectivity index (χ0n) is 15.2. The van der Waals surface area contributed by atoms with Crippen LogP contribution >= 0.6 is 0 Å². The van der Waals surface area contributed by atoms with E-state index in [9.17, 15) is 9.59 Å². The maximum absolute atomic E-state index is 12.1. The van der Waals surface area contributed by atoms with E-state index in [0.717, 1.165) is 38.9 Å². The van der Waals surface area contributed by atoms with E-state index in [-0.39, 0.29) is 11.9 Å². The summed E-state index contributed by atoms with van der Waals surface area (Å²) >= 11 is 0. The Bertz CT molecular complexity index is 535. The molecule has 0 atom stereocenters. The monoisotopic (exact) mass is 346 g/mol. The lowest BCUT2D eigenvalue weighted by Crippen LogP contribution is -2.43. The van der Waals surface area contributed by atoms with Gasteiger partial charge >= 0.3 is 6.03 Å². The number of carbonyl (C=O) groups excluding carboxylic acids is 2. The van der Waals surface area contributed by atoms with Gasteiger partial charge < -0.3 is 15.5 Å². The molecule has 3 amide bonds. The van der Waals surface area contributed by atoms with Crippen LogP contribution in [-0.4, -0.2) is 67.6 Å². The Labute approximate surface area is 150 Å². The summed E-state index contributed by atoms with van der Waals surface area (Å²) in [6.45, 7) is 6.83. The zero-order chi connectivity index (χ0) is 17.9. The Morgan fingerprint density at radius 1 is 1.00 bits per heavy atom. The largest absolute Gasteiger partial charge is 0.355 e. The van der Waals surface area contributed by atoms with E-state index < -0.39 is 0 Å². The highest BCUT2D eigenvalue weighted by Gasteiger charge is 2.19. The van der Waals surface area contributed by atoms with Gasteiger partial charge in [-0.15, -0.1) is 0 Å². The number of carbonyl (C=O) groups is 2. The van der Waals surface area contributed by atoms with E-state index in [1.807, 2.05) is 30.0 Å². The third kappa shape index (κ3) is 7.13. The van der Waals surface area contributed by atoms with Gasteiger partial charge in [-0.3, -0.25) is 9.69 Å². The molecule has 1 saturated heterocycles. The third-order valence-corrected chi connectivity index (χ3v) is 4.35. The second-order valence-corrected chi connectivity index (χ2v) is 6.43. The molecular weight excluding hydrogens is 316 g/mol. The van der Waals surface area contributed by atoms with Crippen molar-refractivity contribution in [3.63, 3.8) is 0 Å². The Morgan fingerprint density at radius 2 is 1.80 bits per heavy atom. The number of hydrogen-bond donors (Lipinski definition) is 2. The smallest absolute Gasteiger partial charge is 0.317 e. The lowest BCUT2D eigenvalue weighted by molar-refractivity contribution is -0.122. The molecular formula is C19H30N4O2. The maximum atomic E-state index is 12.1. The molecule has 0 bridgehead atoms. The molecule has 2 N–H and O–H groups in total. The minimum Gasteiger partial charge on any atom is -0.355 e. The summed E-state index contributed by atoms with van der Waals surface area (Å²) < 4.78 is 0. The van der Waals surface area contributed by atoms with Gasteiger partial charge in [0.05, 0.1) is 6.54 Å². The zero-order valence-corrected chi connectivity index (χ0v) is 15.2. The van der Waals surface area contributed by atoms with Crippen LogP contribution in [0.5, 0.6) is 0 Å². The van der Waals surface area contributed by atoms with E-state index in [1.165, 1.54) is 5.56 Å². The molecule has 0 aromatic heterocycles. The molecule has 2 rings (SSSR count). The van der Waals surface area contributed by atoms with Gasteiger partial charge in [-0.1, -0.05) is 37.3 Å². The second-order valence-electron chi connectivity index (χ2n) is 6.43. The summed E-state index contributed by atoms with van der Waals surface area (Å²) in [5, 5.41) is 5.91. The molecule has 0 saturated carbocycles. The van der Waals surface area contributed by atoms with Crippen LogP contribution in [0.3, 0.4) is 0 Å². The predicted octanol–water partition coefficient (Wildman–Crippen LogP) is 1.47. The molecule has 1 aliphatic heterocycles. The number of rotatable bonds is 7. The van der Waals surface area contributed by atoms with Crippen molar-refractivity contribution < 1.29 is 9.59 Å². The van der Waals surface area contributed by atoms with Gasteiger partial charge in [0.15, 0.2) is 0 Å². The van der Waals surface area contributed by atoms with Crippen LogP contribution < -0.4 is 10.6 Å². The van der Waals surface area contributed by atoms with Crippen LogP contribution in [0.25, 0.3) is 0 Å². The minimum absolute atomic E-state index is 0.0102. The van der Waals surface area contributed by atoms with Gasteiger partial charge in [0.25, 0.3) is 0 Å². The molecule has 1 aromatic rings. The van der Waals surface area contributed by atoms with Crippen LogP contribution in [0.4, 0.5) is 4.79 Å². The van der Waals surface area contributed by atoms with Crippen molar-refractivity contribution in [2.24, 2.45) is 0 Å². The number of hydrogen-bond acceptors (Lipinski definition) is 3. The van der Waals surface area contributed by atoms with Crippen molar-refractivity contribution in [3.05, 3.63) is 35.9 Å². The summed E-state index contributed by atoms with van der Waals surface area (Å²) in [5.74, 6) is 0.0554. The summed E-state index contributed by atoms with van der Waals surface area (Å²) in [6, 6.07) is 10.2. The average molecular weight is 346 g/mol.